The second-order valence-electron chi connectivity index (χ2n) is 11.0. The van der Waals surface area contributed by atoms with E-state index in [-0.39, 0.29) is 23.1 Å². The molecule has 18 heteroatoms. The maximum absolute atomic E-state index is 14.1. The topological polar surface area (TPSA) is 214 Å². The van der Waals surface area contributed by atoms with Gasteiger partial charge in [-0.25, -0.2) is 27.5 Å². The first-order valence-electron chi connectivity index (χ1n) is 14.6. The van der Waals surface area contributed by atoms with Crippen LogP contribution in [-0.4, -0.2) is 87.7 Å². The highest BCUT2D eigenvalue weighted by atomic mass is 35.5. The molecule has 0 aliphatic carbocycles. The molecule has 3 aromatic carbocycles. The average Bonchev–Trinajstić information content (AvgIpc) is 3.59. The quantitative estimate of drug-likeness (QED) is 0.146. The molecule has 1 fully saturated rings. The molecule has 16 nitrogen and oxygen atoms in total. The third kappa shape index (κ3) is 6.21. The van der Waals surface area contributed by atoms with Crippen molar-refractivity contribution in [3.05, 3.63) is 117 Å². The highest BCUT2D eigenvalue weighted by Crippen LogP contribution is 2.36. The monoisotopic (exact) mass is 706 g/mol. The number of ether oxygens (including phenoxy) is 1. The van der Waals surface area contributed by atoms with E-state index in [2.05, 4.69) is 15.0 Å². The molecule has 252 valence electrons. The van der Waals surface area contributed by atoms with Crippen molar-refractivity contribution in [3.8, 4) is 0 Å². The van der Waals surface area contributed by atoms with Crippen LogP contribution in [0.2, 0.25) is 5.02 Å². The van der Waals surface area contributed by atoms with Gasteiger partial charge in [0.2, 0.25) is 11.6 Å². The van der Waals surface area contributed by atoms with Crippen LogP contribution in [0, 0.1) is 10.1 Å². The molecule has 49 heavy (non-hydrogen) atoms. The minimum Gasteiger partial charge on any atom is -0.449 e. The molecule has 2 amide bonds. The Balaban J connectivity index is 1.23. The molecule has 1 atom stereocenters. The Labute approximate surface area is 283 Å². The molecular formula is C31H27ClN8O8S. The van der Waals surface area contributed by atoms with Crippen LogP contribution >= 0.6 is 11.6 Å². The fourth-order valence-electron chi connectivity index (χ4n) is 5.53. The number of nitrogens with two attached hydrogens (primary N) is 1. The molecule has 3 heterocycles. The Kier molecular flexibility index (Phi) is 8.89. The van der Waals surface area contributed by atoms with Crippen molar-refractivity contribution in [3.63, 3.8) is 0 Å². The minimum atomic E-state index is -4.67. The highest BCUT2D eigenvalue weighted by molar-refractivity contribution is 7.89. The van der Waals surface area contributed by atoms with Gasteiger partial charge in [0.05, 0.1) is 24.1 Å². The van der Waals surface area contributed by atoms with E-state index in [4.69, 9.17) is 22.1 Å². The summed E-state index contributed by atoms with van der Waals surface area (Å²) in [7, 11) is -4.67. The van der Waals surface area contributed by atoms with Gasteiger partial charge in [0.25, 0.3) is 21.6 Å². The predicted molar refractivity (Wildman–Crippen MR) is 174 cm³/mol. The van der Waals surface area contributed by atoms with Crippen LogP contribution in [0.4, 0.5) is 11.5 Å². The number of sulfonamides is 1. The molecule has 6 rings (SSSR count). The number of rotatable bonds is 9. The summed E-state index contributed by atoms with van der Waals surface area (Å²) >= 11 is 5.82. The minimum absolute atomic E-state index is 0.0595. The molecule has 2 aliphatic heterocycles. The number of carbonyl (C=O) groups is 3. The highest BCUT2D eigenvalue weighted by Gasteiger charge is 2.50. The number of esters is 1. The summed E-state index contributed by atoms with van der Waals surface area (Å²) in [6, 6.07) is 21.0. The lowest BCUT2D eigenvalue weighted by molar-refractivity contribution is -0.387. The molecule has 2 aliphatic rings. The van der Waals surface area contributed by atoms with Crippen molar-refractivity contribution in [2.24, 2.45) is 10.7 Å². The standard InChI is InChI=1S/C31H27ClN8O8S/c32-22-11-12-24(23(15-22)40(44)45)49(46,47)39-14-13-37(16-26(39)42)25(41)17-38-19-36-29-28(34-18-35-29)31(38,33)30(43)48-27(20-7-3-1-4-8-20)21-9-5-2-6-10-21/h1-12,15,18-19,27H,13-14,16-17,33H2,(H,34,35). The van der Waals surface area contributed by atoms with Gasteiger partial charge in [0, 0.05) is 17.6 Å². The lowest BCUT2D eigenvalue weighted by Gasteiger charge is -2.40. The summed E-state index contributed by atoms with van der Waals surface area (Å²) in [5.41, 5.74) is 5.27. The first-order chi connectivity index (χ1) is 23.4. The van der Waals surface area contributed by atoms with E-state index in [1.807, 2.05) is 12.1 Å². The molecule has 0 spiro atoms. The van der Waals surface area contributed by atoms with Gasteiger partial charge in [-0.1, -0.05) is 72.3 Å². The third-order valence-electron chi connectivity index (χ3n) is 8.03. The Morgan fingerprint density at radius 2 is 1.71 bits per heavy atom. The SMILES string of the molecule is NC1(C(=O)OC(c2ccccc2)c2ccccc2)c2[nH]cnc2N=CN1CC(=O)N1CCN(S(=O)(=O)c2ccc(Cl)cc2[N+](=O)[O-])C(=O)C1. The van der Waals surface area contributed by atoms with Crippen LogP contribution in [0.5, 0.6) is 0 Å². The summed E-state index contributed by atoms with van der Waals surface area (Å²) < 4.78 is 33.2. The van der Waals surface area contributed by atoms with E-state index < -0.39 is 74.7 Å². The Bertz CT molecular complexity index is 2040. The molecule has 1 unspecified atom stereocenters. The van der Waals surface area contributed by atoms with Crippen LogP contribution in [0.25, 0.3) is 0 Å². The summed E-state index contributed by atoms with van der Waals surface area (Å²) in [4.78, 5) is 64.2. The Morgan fingerprint density at radius 1 is 1.06 bits per heavy atom. The number of piperazine rings is 1. The number of fused-ring (bicyclic) bond motifs is 1. The number of halogens is 1. The van der Waals surface area contributed by atoms with Crippen LogP contribution < -0.4 is 5.73 Å². The smallest absolute Gasteiger partial charge is 0.354 e. The number of aliphatic imine (C=N–C) groups is 1. The van der Waals surface area contributed by atoms with Gasteiger partial charge >= 0.3 is 5.97 Å². The van der Waals surface area contributed by atoms with Gasteiger partial charge in [-0.15, -0.1) is 0 Å². The Morgan fingerprint density at radius 3 is 2.33 bits per heavy atom. The first-order valence-corrected chi connectivity index (χ1v) is 16.4. The van der Waals surface area contributed by atoms with Gasteiger partial charge in [0.1, 0.15) is 18.8 Å². The zero-order valence-electron chi connectivity index (χ0n) is 25.4. The summed E-state index contributed by atoms with van der Waals surface area (Å²) in [5, 5.41) is 11.5. The van der Waals surface area contributed by atoms with E-state index in [0.717, 1.165) is 28.0 Å². The van der Waals surface area contributed by atoms with Crippen molar-refractivity contribution in [2.75, 3.05) is 26.2 Å². The number of imidazole rings is 1. The van der Waals surface area contributed by atoms with Crippen LogP contribution in [0.15, 0.2) is 95.1 Å². The molecule has 4 aromatic rings. The number of aromatic nitrogens is 2. The maximum atomic E-state index is 14.1. The zero-order chi connectivity index (χ0) is 34.9. The zero-order valence-corrected chi connectivity index (χ0v) is 27.0. The normalized spacial score (nSPS) is 17.6. The predicted octanol–water partition coefficient (Wildman–Crippen LogP) is 2.45. The van der Waals surface area contributed by atoms with Crippen molar-refractivity contribution >= 4 is 57.3 Å². The number of nitrogens with zero attached hydrogens (tertiary/aromatic N) is 6. The number of carbonyl (C=O) groups excluding carboxylic acids is 3. The van der Waals surface area contributed by atoms with Crippen molar-refractivity contribution < 1.29 is 32.5 Å². The van der Waals surface area contributed by atoms with Gasteiger partial charge in [-0.2, -0.15) is 0 Å². The van der Waals surface area contributed by atoms with Gasteiger partial charge in [0.15, 0.2) is 16.8 Å². The van der Waals surface area contributed by atoms with Crippen LogP contribution in [-0.2, 0) is 34.8 Å². The lowest BCUT2D eigenvalue weighted by Crippen LogP contribution is -2.63. The fraction of sp³-hybridized carbons (Fsp3) is 0.194. The number of nitro benzene ring substituents is 1. The fourth-order valence-corrected chi connectivity index (χ4v) is 7.22. The summed E-state index contributed by atoms with van der Waals surface area (Å²) in [6.07, 6.45) is 1.59. The van der Waals surface area contributed by atoms with Gasteiger partial charge < -0.3 is 19.5 Å². The molecule has 0 bridgehead atoms. The van der Waals surface area contributed by atoms with Crippen molar-refractivity contribution in [1.82, 2.24) is 24.1 Å². The number of nitrogens with one attached hydrogen (secondary N) is 1. The number of amides is 2. The number of hydrogen-bond acceptors (Lipinski definition) is 12. The van der Waals surface area contributed by atoms with Gasteiger partial charge in [-0.3, -0.25) is 25.4 Å². The van der Waals surface area contributed by atoms with E-state index in [1.54, 1.807) is 48.5 Å². The van der Waals surface area contributed by atoms with E-state index in [9.17, 15) is 32.9 Å². The largest absolute Gasteiger partial charge is 0.449 e. The first kappa shape index (κ1) is 33.3. The van der Waals surface area contributed by atoms with Crippen molar-refractivity contribution in [1.29, 1.82) is 0 Å². The molecule has 0 saturated carbocycles. The Hall–Kier alpha value is -5.65. The molecule has 1 aromatic heterocycles. The second kappa shape index (κ2) is 13.1. The molecule has 3 N–H and O–H groups in total. The maximum Gasteiger partial charge on any atom is 0.354 e. The summed E-state index contributed by atoms with van der Waals surface area (Å²) in [5.74, 6) is -2.53. The van der Waals surface area contributed by atoms with Crippen LogP contribution in [0.3, 0.4) is 0 Å². The summed E-state index contributed by atoms with van der Waals surface area (Å²) in [6.45, 7) is -1.99. The number of H-pyrrole nitrogens is 1. The van der Waals surface area contributed by atoms with E-state index in [0.29, 0.717) is 15.4 Å². The van der Waals surface area contributed by atoms with Crippen molar-refractivity contribution in [2.45, 2.75) is 16.7 Å². The number of benzene rings is 3. The van der Waals surface area contributed by atoms with Crippen LogP contribution in [0.1, 0.15) is 22.9 Å². The molecular weight excluding hydrogens is 680 g/mol. The molecule has 0 radical (unpaired) electrons. The number of aromatic amines is 1. The third-order valence-corrected chi connectivity index (χ3v) is 10.1. The number of hydrogen-bond donors (Lipinski definition) is 2. The second-order valence-corrected chi connectivity index (χ2v) is 13.3. The van der Waals surface area contributed by atoms with E-state index in [1.165, 1.54) is 12.7 Å². The number of nitro groups is 1. The molecule has 1 saturated heterocycles. The van der Waals surface area contributed by atoms with Gasteiger partial charge in [-0.05, 0) is 23.3 Å². The van der Waals surface area contributed by atoms with E-state index >= 15 is 0 Å². The average molecular weight is 707 g/mol. The lowest BCUT2D eigenvalue weighted by atomic mass is 10.00.